The monoisotopic (exact) mass is 351 g/mol. The van der Waals surface area contributed by atoms with Crippen LogP contribution in [0, 0.1) is 11.7 Å². The van der Waals surface area contributed by atoms with E-state index in [1.807, 2.05) is 0 Å². The lowest BCUT2D eigenvalue weighted by atomic mass is 9.87. The summed E-state index contributed by atoms with van der Waals surface area (Å²) in [4.78, 5) is 36.7. The predicted molar refractivity (Wildman–Crippen MR) is 82.7 cm³/mol. The maximum absolute atomic E-state index is 14.5. The lowest BCUT2D eigenvalue weighted by Gasteiger charge is -2.16. The van der Waals surface area contributed by atoms with Gasteiger partial charge < -0.3 is 19.5 Å². The number of benzene rings is 1. The normalized spacial score (nSPS) is 21.8. The quantitative estimate of drug-likeness (QED) is 0.627. The topological polar surface area (TPSA) is 93.1 Å². The summed E-state index contributed by atoms with van der Waals surface area (Å²) in [5.74, 6) is -5.12. The average Bonchev–Trinajstić information content (AvgIpc) is 3.11. The number of halogens is 1. The molecular formula is C17H18FNO6. The van der Waals surface area contributed by atoms with Crippen molar-refractivity contribution in [3.8, 4) is 5.75 Å². The van der Waals surface area contributed by atoms with E-state index in [1.165, 1.54) is 6.07 Å². The summed E-state index contributed by atoms with van der Waals surface area (Å²) in [6, 6.07) is 2.80. The van der Waals surface area contributed by atoms with Crippen LogP contribution in [0.25, 0.3) is 0 Å². The maximum atomic E-state index is 14.5. The third-order valence-corrected chi connectivity index (χ3v) is 4.50. The van der Waals surface area contributed by atoms with Crippen molar-refractivity contribution in [3.05, 3.63) is 29.1 Å². The van der Waals surface area contributed by atoms with Crippen LogP contribution >= 0.6 is 0 Å². The zero-order valence-corrected chi connectivity index (χ0v) is 13.7. The Morgan fingerprint density at radius 3 is 2.88 bits per heavy atom. The molecule has 0 aliphatic carbocycles. The number of aliphatic carboxylic acids is 1. The van der Waals surface area contributed by atoms with Gasteiger partial charge in [-0.3, -0.25) is 14.4 Å². The molecule has 2 heterocycles. The Labute approximate surface area is 143 Å². The summed E-state index contributed by atoms with van der Waals surface area (Å²) >= 11 is 0. The molecule has 1 aromatic rings. The van der Waals surface area contributed by atoms with E-state index in [4.69, 9.17) is 9.47 Å². The number of likely N-dealkylation sites (tertiary alicyclic amines) is 1. The summed E-state index contributed by atoms with van der Waals surface area (Å²) < 4.78 is 24.6. The van der Waals surface area contributed by atoms with Gasteiger partial charge in [-0.05, 0) is 24.1 Å². The molecule has 25 heavy (non-hydrogen) atoms. The van der Waals surface area contributed by atoms with E-state index in [9.17, 15) is 23.9 Å². The van der Waals surface area contributed by atoms with E-state index in [0.717, 1.165) is 10.5 Å². The van der Waals surface area contributed by atoms with E-state index in [2.05, 4.69) is 0 Å². The number of hydrogen-bond donors (Lipinski definition) is 1. The van der Waals surface area contributed by atoms with Crippen LogP contribution in [0.1, 0.15) is 24.0 Å². The predicted octanol–water partition coefficient (Wildman–Crippen LogP) is 0.950. The molecule has 0 aromatic heterocycles. The Morgan fingerprint density at radius 1 is 1.44 bits per heavy atom. The first-order valence-electron chi connectivity index (χ1n) is 8.04. The first-order chi connectivity index (χ1) is 11.9. The summed E-state index contributed by atoms with van der Waals surface area (Å²) in [6.07, 6.45) is 0.605. The molecule has 1 aromatic carbocycles. The van der Waals surface area contributed by atoms with Crippen LogP contribution in [0.3, 0.4) is 0 Å². The highest BCUT2D eigenvalue weighted by atomic mass is 19.1. The van der Waals surface area contributed by atoms with Gasteiger partial charge >= 0.3 is 11.9 Å². The maximum Gasteiger partial charge on any atom is 0.325 e. The third kappa shape index (κ3) is 3.16. The van der Waals surface area contributed by atoms with Crippen LogP contribution in [-0.4, -0.2) is 54.2 Å². The fraction of sp³-hybridized carbons (Fsp3) is 0.471. The molecule has 0 radical (unpaired) electrons. The SMILES string of the molecule is CCOC(=O)CN1C[C@@H](c2cc3c(cc2F)OCC3)[C@H](C(=O)O)C1=O. The van der Waals surface area contributed by atoms with Gasteiger partial charge in [0.05, 0.1) is 13.2 Å². The second-order valence-corrected chi connectivity index (χ2v) is 6.03. The highest BCUT2D eigenvalue weighted by Crippen LogP contribution is 2.38. The average molecular weight is 351 g/mol. The number of carboxylic acid groups (broad SMARTS) is 1. The first kappa shape index (κ1) is 17.2. The molecule has 2 aliphatic heterocycles. The molecule has 8 heteroatoms. The van der Waals surface area contributed by atoms with E-state index in [1.54, 1.807) is 13.0 Å². The molecular weight excluding hydrogens is 333 g/mol. The molecule has 0 unspecified atom stereocenters. The summed E-state index contributed by atoms with van der Waals surface area (Å²) in [5, 5.41) is 9.44. The molecule has 1 amide bonds. The molecule has 2 aliphatic rings. The molecule has 7 nitrogen and oxygen atoms in total. The van der Waals surface area contributed by atoms with Gasteiger partial charge in [0, 0.05) is 24.9 Å². The summed E-state index contributed by atoms with van der Waals surface area (Å²) in [6.45, 7) is 1.84. The second kappa shape index (κ2) is 6.70. The molecule has 1 saturated heterocycles. The molecule has 1 fully saturated rings. The minimum atomic E-state index is -1.43. The molecule has 2 atom stereocenters. The number of carboxylic acids is 1. The van der Waals surface area contributed by atoms with E-state index in [0.29, 0.717) is 18.8 Å². The van der Waals surface area contributed by atoms with Crippen molar-refractivity contribution in [2.75, 3.05) is 26.3 Å². The third-order valence-electron chi connectivity index (χ3n) is 4.50. The second-order valence-electron chi connectivity index (χ2n) is 6.03. The largest absolute Gasteiger partial charge is 0.493 e. The number of carbonyl (C=O) groups excluding carboxylic acids is 2. The number of esters is 1. The van der Waals surface area contributed by atoms with Gasteiger partial charge in [0.25, 0.3) is 0 Å². The van der Waals surface area contributed by atoms with Gasteiger partial charge in [-0.1, -0.05) is 0 Å². The smallest absolute Gasteiger partial charge is 0.325 e. The van der Waals surface area contributed by atoms with Crippen LogP contribution in [0.5, 0.6) is 5.75 Å². The highest BCUT2D eigenvalue weighted by Gasteiger charge is 2.47. The van der Waals surface area contributed by atoms with Gasteiger partial charge in [-0.25, -0.2) is 4.39 Å². The summed E-state index contributed by atoms with van der Waals surface area (Å²) in [5.41, 5.74) is 0.952. The van der Waals surface area contributed by atoms with Crippen LogP contribution in [0.4, 0.5) is 4.39 Å². The first-order valence-corrected chi connectivity index (χ1v) is 8.04. The number of hydrogen-bond acceptors (Lipinski definition) is 5. The van der Waals surface area contributed by atoms with Crippen LogP contribution in [0.15, 0.2) is 12.1 Å². The Bertz CT molecular complexity index is 734. The van der Waals surface area contributed by atoms with Crippen molar-refractivity contribution in [2.45, 2.75) is 19.3 Å². The lowest BCUT2D eigenvalue weighted by Crippen LogP contribution is -2.35. The zero-order chi connectivity index (χ0) is 18.1. The van der Waals surface area contributed by atoms with Gasteiger partial charge in [-0.2, -0.15) is 0 Å². The Hall–Kier alpha value is -2.64. The minimum absolute atomic E-state index is 0.0504. The molecule has 134 valence electrons. The Balaban J connectivity index is 1.90. The van der Waals surface area contributed by atoms with Gasteiger partial charge in [0.2, 0.25) is 5.91 Å². The van der Waals surface area contributed by atoms with E-state index < -0.39 is 35.5 Å². The van der Waals surface area contributed by atoms with Crippen LogP contribution in [0.2, 0.25) is 0 Å². The molecule has 0 saturated carbocycles. The van der Waals surface area contributed by atoms with Gasteiger partial charge in [0.15, 0.2) is 0 Å². The number of nitrogens with zero attached hydrogens (tertiary/aromatic N) is 1. The van der Waals surface area contributed by atoms with Crippen molar-refractivity contribution in [1.82, 2.24) is 4.90 Å². The van der Waals surface area contributed by atoms with Crippen LogP contribution in [-0.2, 0) is 25.5 Å². The zero-order valence-electron chi connectivity index (χ0n) is 13.7. The number of rotatable bonds is 5. The van der Waals surface area contributed by atoms with Crippen LogP contribution < -0.4 is 4.74 Å². The van der Waals surface area contributed by atoms with Gasteiger partial charge in [-0.15, -0.1) is 0 Å². The Morgan fingerprint density at radius 2 is 2.20 bits per heavy atom. The van der Waals surface area contributed by atoms with E-state index in [-0.39, 0.29) is 25.3 Å². The number of fused-ring (bicyclic) bond motifs is 1. The van der Waals surface area contributed by atoms with Crippen molar-refractivity contribution in [2.24, 2.45) is 5.92 Å². The van der Waals surface area contributed by atoms with Crippen molar-refractivity contribution in [3.63, 3.8) is 0 Å². The number of carbonyl (C=O) groups is 3. The Kier molecular flexibility index (Phi) is 4.61. The number of amides is 1. The van der Waals surface area contributed by atoms with Crippen molar-refractivity contribution >= 4 is 17.8 Å². The summed E-state index contributed by atoms with van der Waals surface area (Å²) in [7, 11) is 0. The molecule has 0 spiro atoms. The van der Waals surface area contributed by atoms with E-state index >= 15 is 0 Å². The fourth-order valence-corrected chi connectivity index (χ4v) is 3.37. The highest BCUT2D eigenvalue weighted by molar-refractivity contribution is 6.01. The molecule has 1 N–H and O–H groups in total. The fourth-order valence-electron chi connectivity index (χ4n) is 3.37. The standard InChI is InChI=1S/C17H18FNO6/c1-2-24-14(20)8-19-7-11(15(16(19)21)17(22)23)10-5-9-3-4-25-13(9)6-12(10)18/h5-6,11,15H,2-4,7-8H2,1H3,(H,22,23)/t11-,15-/m0/s1. The molecule has 0 bridgehead atoms. The molecule has 3 rings (SSSR count). The lowest BCUT2D eigenvalue weighted by molar-refractivity contribution is -0.152. The van der Waals surface area contributed by atoms with Crippen molar-refractivity contribution in [1.29, 1.82) is 0 Å². The minimum Gasteiger partial charge on any atom is -0.493 e. The van der Waals surface area contributed by atoms with Crippen molar-refractivity contribution < 1.29 is 33.4 Å². The number of ether oxygens (including phenoxy) is 2. The van der Waals surface area contributed by atoms with Gasteiger partial charge in [0.1, 0.15) is 24.0 Å².